The van der Waals surface area contributed by atoms with Crippen LogP contribution in [0.25, 0.3) is 0 Å². The summed E-state index contributed by atoms with van der Waals surface area (Å²) in [5, 5.41) is 12.0. The van der Waals surface area contributed by atoms with Crippen LogP contribution in [0.4, 0.5) is 4.39 Å². The Labute approximate surface area is 146 Å². The number of benzene rings is 1. The van der Waals surface area contributed by atoms with Gasteiger partial charge in [-0.2, -0.15) is 0 Å². The number of aliphatic carboxylic acids is 1. The van der Waals surface area contributed by atoms with E-state index in [1.807, 2.05) is 6.92 Å². The van der Waals surface area contributed by atoms with E-state index in [1.165, 1.54) is 24.3 Å². The molecule has 2 amide bonds. The third-order valence-corrected chi connectivity index (χ3v) is 4.39. The highest BCUT2D eigenvalue weighted by molar-refractivity contribution is 5.88. The van der Waals surface area contributed by atoms with E-state index in [4.69, 9.17) is 0 Å². The Morgan fingerprint density at radius 3 is 2.60 bits per heavy atom. The molecule has 0 aliphatic carbocycles. The molecule has 2 unspecified atom stereocenters. The van der Waals surface area contributed by atoms with Crippen molar-refractivity contribution in [2.45, 2.75) is 44.6 Å². The van der Waals surface area contributed by atoms with Crippen molar-refractivity contribution in [3.8, 4) is 0 Å². The molecule has 1 aromatic rings. The van der Waals surface area contributed by atoms with E-state index in [1.54, 1.807) is 4.90 Å². The normalized spacial score (nSPS) is 18.0. The van der Waals surface area contributed by atoms with Crippen molar-refractivity contribution in [1.82, 2.24) is 10.2 Å². The Kier molecular flexibility index (Phi) is 6.50. The largest absolute Gasteiger partial charge is 0.481 e. The number of hydrogen-bond acceptors (Lipinski definition) is 3. The van der Waals surface area contributed by atoms with Gasteiger partial charge in [0.2, 0.25) is 11.8 Å². The molecule has 2 rings (SSSR count). The summed E-state index contributed by atoms with van der Waals surface area (Å²) in [4.78, 5) is 37.5. The summed E-state index contributed by atoms with van der Waals surface area (Å²) in [6, 6.07) is 4.63. The van der Waals surface area contributed by atoms with Gasteiger partial charge in [-0.1, -0.05) is 19.1 Å². The Morgan fingerprint density at radius 1 is 1.32 bits per heavy atom. The second-order valence-electron chi connectivity index (χ2n) is 6.18. The van der Waals surface area contributed by atoms with Crippen LogP contribution in [0.15, 0.2) is 24.3 Å². The number of carbonyl (C=O) groups excluding carboxylic acids is 2. The Hall–Kier alpha value is -2.44. The van der Waals surface area contributed by atoms with Crippen molar-refractivity contribution in [2.24, 2.45) is 0 Å². The van der Waals surface area contributed by atoms with Crippen LogP contribution in [-0.2, 0) is 14.4 Å². The van der Waals surface area contributed by atoms with E-state index in [0.29, 0.717) is 24.9 Å². The van der Waals surface area contributed by atoms with E-state index < -0.39 is 23.7 Å². The van der Waals surface area contributed by atoms with Gasteiger partial charge in [-0.05, 0) is 37.0 Å². The zero-order chi connectivity index (χ0) is 18.4. The second-order valence-corrected chi connectivity index (χ2v) is 6.18. The van der Waals surface area contributed by atoms with Crippen molar-refractivity contribution in [3.05, 3.63) is 35.6 Å². The SMILES string of the molecule is CCCC(=O)N1CCCC1C(=O)NCC(C(=O)O)c1ccc(F)cc1. The van der Waals surface area contributed by atoms with Crippen LogP contribution >= 0.6 is 0 Å². The number of carboxylic acids is 1. The standard InChI is InChI=1S/C18H23FN2O4/c1-2-4-16(22)21-10-3-5-15(21)17(23)20-11-14(18(24)25)12-6-8-13(19)9-7-12/h6-9,14-15H,2-5,10-11H2,1H3,(H,20,23)(H,24,25). The van der Waals surface area contributed by atoms with Gasteiger partial charge in [0.1, 0.15) is 11.9 Å². The van der Waals surface area contributed by atoms with E-state index in [-0.39, 0.29) is 18.4 Å². The van der Waals surface area contributed by atoms with Gasteiger partial charge >= 0.3 is 5.97 Å². The minimum Gasteiger partial charge on any atom is -0.481 e. The van der Waals surface area contributed by atoms with Crippen LogP contribution in [0, 0.1) is 5.82 Å². The summed E-state index contributed by atoms with van der Waals surface area (Å²) in [6.07, 6.45) is 2.45. The number of amides is 2. The molecular formula is C18H23FN2O4. The predicted molar refractivity (Wildman–Crippen MR) is 89.4 cm³/mol. The second kappa shape index (κ2) is 8.60. The zero-order valence-corrected chi connectivity index (χ0v) is 14.2. The lowest BCUT2D eigenvalue weighted by Gasteiger charge is -2.24. The van der Waals surface area contributed by atoms with Crippen molar-refractivity contribution < 1.29 is 23.9 Å². The summed E-state index contributed by atoms with van der Waals surface area (Å²) in [6.45, 7) is 2.35. The van der Waals surface area contributed by atoms with Crippen LogP contribution in [0.3, 0.4) is 0 Å². The lowest BCUT2D eigenvalue weighted by molar-refractivity contribution is -0.140. The average Bonchev–Trinajstić information content (AvgIpc) is 3.06. The number of carboxylic acid groups (broad SMARTS) is 1. The summed E-state index contributed by atoms with van der Waals surface area (Å²) in [5.41, 5.74) is 0.416. The molecule has 1 aliphatic heterocycles. The molecule has 7 heteroatoms. The Bertz CT molecular complexity index is 632. The zero-order valence-electron chi connectivity index (χ0n) is 14.2. The van der Waals surface area contributed by atoms with Crippen LogP contribution in [0.2, 0.25) is 0 Å². The number of rotatable bonds is 7. The minimum atomic E-state index is -1.10. The highest BCUT2D eigenvalue weighted by atomic mass is 19.1. The highest BCUT2D eigenvalue weighted by Gasteiger charge is 2.34. The van der Waals surface area contributed by atoms with Crippen LogP contribution < -0.4 is 5.32 Å². The summed E-state index contributed by atoms with van der Waals surface area (Å²) < 4.78 is 13.0. The number of hydrogen-bond donors (Lipinski definition) is 2. The molecule has 0 saturated carbocycles. The first-order valence-corrected chi connectivity index (χ1v) is 8.49. The number of likely N-dealkylation sites (tertiary alicyclic amines) is 1. The first kappa shape index (κ1) is 18.9. The molecular weight excluding hydrogens is 327 g/mol. The molecule has 6 nitrogen and oxygen atoms in total. The number of nitrogens with one attached hydrogen (secondary N) is 1. The molecule has 1 heterocycles. The Balaban J connectivity index is 2.00. The van der Waals surface area contributed by atoms with Crippen molar-refractivity contribution in [2.75, 3.05) is 13.1 Å². The molecule has 0 aromatic heterocycles. The predicted octanol–water partition coefficient (Wildman–Crippen LogP) is 1.90. The maximum Gasteiger partial charge on any atom is 0.312 e. The highest BCUT2D eigenvalue weighted by Crippen LogP contribution is 2.20. The summed E-state index contributed by atoms with van der Waals surface area (Å²) in [5.74, 6) is -2.90. The van der Waals surface area contributed by atoms with Crippen molar-refractivity contribution >= 4 is 17.8 Å². The van der Waals surface area contributed by atoms with Gasteiger partial charge in [0.25, 0.3) is 0 Å². The third kappa shape index (κ3) is 4.78. The lowest BCUT2D eigenvalue weighted by Crippen LogP contribution is -2.47. The molecule has 1 saturated heterocycles. The van der Waals surface area contributed by atoms with E-state index >= 15 is 0 Å². The molecule has 0 radical (unpaired) electrons. The molecule has 0 bridgehead atoms. The van der Waals surface area contributed by atoms with Crippen molar-refractivity contribution in [3.63, 3.8) is 0 Å². The van der Waals surface area contributed by atoms with Gasteiger partial charge in [0.05, 0.1) is 5.92 Å². The number of carbonyl (C=O) groups is 3. The van der Waals surface area contributed by atoms with E-state index in [2.05, 4.69) is 5.32 Å². The Morgan fingerprint density at radius 2 is 2.00 bits per heavy atom. The quantitative estimate of drug-likeness (QED) is 0.786. The first-order chi connectivity index (χ1) is 11.9. The molecule has 0 spiro atoms. The van der Waals surface area contributed by atoms with Gasteiger partial charge in [-0.3, -0.25) is 14.4 Å². The molecule has 2 N–H and O–H groups in total. The van der Waals surface area contributed by atoms with Crippen LogP contribution in [0.1, 0.15) is 44.1 Å². The fourth-order valence-electron chi connectivity index (χ4n) is 3.06. The van der Waals surface area contributed by atoms with E-state index in [0.717, 1.165) is 12.8 Å². The first-order valence-electron chi connectivity index (χ1n) is 8.49. The number of nitrogens with zero attached hydrogens (tertiary/aromatic N) is 1. The molecule has 1 fully saturated rings. The summed E-state index contributed by atoms with van der Waals surface area (Å²) >= 11 is 0. The van der Waals surface area contributed by atoms with Crippen molar-refractivity contribution in [1.29, 1.82) is 0 Å². The molecule has 136 valence electrons. The van der Waals surface area contributed by atoms with E-state index in [9.17, 15) is 23.9 Å². The van der Waals surface area contributed by atoms with Gasteiger partial charge in [0, 0.05) is 19.5 Å². The van der Waals surface area contributed by atoms with Gasteiger partial charge < -0.3 is 15.3 Å². The smallest absolute Gasteiger partial charge is 0.312 e. The fourth-order valence-corrected chi connectivity index (χ4v) is 3.06. The van der Waals surface area contributed by atoms with Crippen LogP contribution in [-0.4, -0.2) is 46.9 Å². The molecule has 1 aromatic carbocycles. The lowest BCUT2D eigenvalue weighted by atomic mass is 9.99. The van der Waals surface area contributed by atoms with Gasteiger partial charge in [-0.25, -0.2) is 4.39 Å². The topological polar surface area (TPSA) is 86.7 Å². The molecule has 25 heavy (non-hydrogen) atoms. The van der Waals surface area contributed by atoms with Gasteiger partial charge in [-0.15, -0.1) is 0 Å². The summed E-state index contributed by atoms with van der Waals surface area (Å²) in [7, 11) is 0. The van der Waals surface area contributed by atoms with Crippen LogP contribution in [0.5, 0.6) is 0 Å². The fraction of sp³-hybridized carbons (Fsp3) is 0.500. The minimum absolute atomic E-state index is 0.0477. The maximum atomic E-state index is 13.0. The monoisotopic (exact) mass is 350 g/mol. The molecule has 2 atom stereocenters. The third-order valence-electron chi connectivity index (χ3n) is 4.39. The average molecular weight is 350 g/mol. The number of halogens is 1. The van der Waals surface area contributed by atoms with Gasteiger partial charge in [0.15, 0.2) is 0 Å². The maximum absolute atomic E-state index is 13.0. The molecule has 1 aliphatic rings.